The van der Waals surface area contributed by atoms with Crippen LogP contribution in [0, 0.1) is 12.7 Å². The van der Waals surface area contributed by atoms with Gasteiger partial charge < -0.3 is 0 Å². The molecule has 0 aliphatic carbocycles. The standard InChI is InChI=1S/C14H15F/c1-9(2)12-6-4-5-11-7-8-13(15)10(3)14(11)12/h4-9H,1-3H3. The zero-order valence-corrected chi connectivity index (χ0v) is 9.34. The summed E-state index contributed by atoms with van der Waals surface area (Å²) in [7, 11) is 0. The Labute approximate surface area is 89.7 Å². The van der Waals surface area contributed by atoms with Crippen LogP contribution in [0.5, 0.6) is 0 Å². The fraction of sp³-hybridized carbons (Fsp3) is 0.286. The van der Waals surface area contributed by atoms with E-state index < -0.39 is 0 Å². The average molecular weight is 202 g/mol. The number of hydrogen-bond acceptors (Lipinski definition) is 0. The topological polar surface area (TPSA) is 0 Å². The van der Waals surface area contributed by atoms with Crippen LogP contribution < -0.4 is 0 Å². The summed E-state index contributed by atoms with van der Waals surface area (Å²) in [6.07, 6.45) is 0. The van der Waals surface area contributed by atoms with Gasteiger partial charge in [0, 0.05) is 0 Å². The molecular formula is C14H15F. The second-order valence-corrected chi connectivity index (χ2v) is 4.27. The van der Waals surface area contributed by atoms with Gasteiger partial charge in [0.1, 0.15) is 5.82 Å². The Hall–Kier alpha value is -1.37. The van der Waals surface area contributed by atoms with Crippen LogP contribution in [0.2, 0.25) is 0 Å². The molecule has 2 rings (SSSR count). The average Bonchev–Trinajstić information content (AvgIpc) is 2.23. The molecule has 0 bridgehead atoms. The second-order valence-electron chi connectivity index (χ2n) is 4.27. The lowest BCUT2D eigenvalue weighted by atomic mass is 9.93. The minimum Gasteiger partial charge on any atom is -0.207 e. The molecule has 0 N–H and O–H groups in total. The van der Waals surface area contributed by atoms with E-state index in [1.54, 1.807) is 6.07 Å². The highest BCUT2D eigenvalue weighted by Crippen LogP contribution is 2.29. The SMILES string of the molecule is Cc1c(F)ccc2cccc(C(C)C)c12. The van der Waals surface area contributed by atoms with E-state index in [1.807, 2.05) is 25.1 Å². The third-order valence-electron chi connectivity index (χ3n) is 2.89. The van der Waals surface area contributed by atoms with Gasteiger partial charge in [0.2, 0.25) is 0 Å². The fourth-order valence-electron chi connectivity index (χ4n) is 2.05. The van der Waals surface area contributed by atoms with Crippen LogP contribution in [-0.2, 0) is 0 Å². The van der Waals surface area contributed by atoms with Crippen molar-refractivity contribution in [1.29, 1.82) is 0 Å². The molecule has 15 heavy (non-hydrogen) atoms. The predicted molar refractivity (Wildman–Crippen MR) is 62.7 cm³/mol. The highest BCUT2D eigenvalue weighted by Gasteiger charge is 2.09. The Balaban J connectivity index is 2.88. The van der Waals surface area contributed by atoms with Crippen molar-refractivity contribution < 1.29 is 4.39 Å². The van der Waals surface area contributed by atoms with Gasteiger partial charge in [-0.3, -0.25) is 0 Å². The van der Waals surface area contributed by atoms with Gasteiger partial charge >= 0.3 is 0 Å². The second kappa shape index (κ2) is 3.65. The molecule has 0 atom stereocenters. The first kappa shape index (κ1) is 10.2. The van der Waals surface area contributed by atoms with Crippen molar-refractivity contribution in [1.82, 2.24) is 0 Å². The number of fused-ring (bicyclic) bond motifs is 1. The van der Waals surface area contributed by atoms with Crippen LogP contribution in [-0.4, -0.2) is 0 Å². The zero-order chi connectivity index (χ0) is 11.0. The van der Waals surface area contributed by atoms with Crippen LogP contribution >= 0.6 is 0 Å². The lowest BCUT2D eigenvalue weighted by Crippen LogP contribution is -1.93. The Kier molecular flexibility index (Phi) is 2.47. The maximum Gasteiger partial charge on any atom is 0.126 e. The first-order valence-corrected chi connectivity index (χ1v) is 5.29. The Morgan fingerprint density at radius 1 is 1.07 bits per heavy atom. The van der Waals surface area contributed by atoms with Crippen molar-refractivity contribution in [2.75, 3.05) is 0 Å². The van der Waals surface area contributed by atoms with Crippen molar-refractivity contribution in [3.63, 3.8) is 0 Å². The number of halogens is 1. The van der Waals surface area contributed by atoms with Crippen LogP contribution in [0.15, 0.2) is 30.3 Å². The fourth-order valence-corrected chi connectivity index (χ4v) is 2.05. The molecule has 2 aromatic rings. The van der Waals surface area contributed by atoms with E-state index in [4.69, 9.17) is 0 Å². The van der Waals surface area contributed by atoms with Gasteiger partial charge in [0.25, 0.3) is 0 Å². The molecule has 0 amide bonds. The predicted octanol–water partition coefficient (Wildman–Crippen LogP) is 4.41. The molecule has 0 fully saturated rings. The molecule has 78 valence electrons. The van der Waals surface area contributed by atoms with Gasteiger partial charge in [-0.05, 0) is 40.8 Å². The third-order valence-corrected chi connectivity index (χ3v) is 2.89. The largest absolute Gasteiger partial charge is 0.207 e. The quantitative estimate of drug-likeness (QED) is 0.642. The summed E-state index contributed by atoms with van der Waals surface area (Å²) in [5, 5.41) is 2.20. The molecule has 0 aromatic heterocycles. The van der Waals surface area contributed by atoms with Crippen LogP contribution in [0.3, 0.4) is 0 Å². The molecule has 0 radical (unpaired) electrons. The first-order valence-electron chi connectivity index (χ1n) is 5.29. The van der Waals surface area contributed by atoms with E-state index in [9.17, 15) is 4.39 Å². The number of aryl methyl sites for hydroxylation is 1. The van der Waals surface area contributed by atoms with Crippen molar-refractivity contribution >= 4 is 10.8 Å². The molecule has 0 spiro atoms. The molecule has 0 unspecified atom stereocenters. The van der Waals surface area contributed by atoms with Gasteiger partial charge in [-0.15, -0.1) is 0 Å². The summed E-state index contributed by atoms with van der Waals surface area (Å²) < 4.78 is 13.5. The van der Waals surface area contributed by atoms with E-state index >= 15 is 0 Å². The van der Waals surface area contributed by atoms with Crippen LogP contribution in [0.1, 0.15) is 30.9 Å². The van der Waals surface area contributed by atoms with E-state index in [2.05, 4.69) is 19.9 Å². The minimum absolute atomic E-state index is 0.115. The maximum absolute atomic E-state index is 13.5. The molecule has 0 aliphatic heterocycles. The highest BCUT2D eigenvalue weighted by molar-refractivity contribution is 5.89. The monoisotopic (exact) mass is 202 g/mol. The zero-order valence-electron chi connectivity index (χ0n) is 9.34. The highest BCUT2D eigenvalue weighted by atomic mass is 19.1. The maximum atomic E-state index is 13.5. The lowest BCUT2D eigenvalue weighted by Gasteiger charge is -2.12. The first-order chi connectivity index (χ1) is 7.11. The van der Waals surface area contributed by atoms with Gasteiger partial charge in [-0.1, -0.05) is 38.1 Å². The molecule has 0 aliphatic rings. The van der Waals surface area contributed by atoms with Gasteiger partial charge in [0.15, 0.2) is 0 Å². The van der Waals surface area contributed by atoms with E-state index in [1.165, 1.54) is 5.56 Å². The summed E-state index contributed by atoms with van der Waals surface area (Å²) in [5.41, 5.74) is 1.99. The summed E-state index contributed by atoms with van der Waals surface area (Å²) in [4.78, 5) is 0. The third kappa shape index (κ3) is 1.63. The molecule has 0 heterocycles. The van der Waals surface area contributed by atoms with Gasteiger partial charge in [-0.25, -0.2) is 4.39 Å². The Bertz CT molecular complexity index is 498. The molecule has 0 nitrogen and oxygen atoms in total. The van der Waals surface area contributed by atoms with E-state index in [0.29, 0.717) is 5.92 Å². The van der Waals surface area contributed by atoms with Gasteiger partial charge in [0.05, 0.1) is 0 Å². The van der Waals surface area contributed by atoms with Crippen molar-refractivity contribution in [3.8, 4) is 0 Å². The number of benzene rings is 2. The smallest absolute Gasteiger partial charge is 0.126 e. The summed E-state index contributed by atoms with van der Waals surface area (Å²) in [6, 6.07) is 9.55. The normalized spacial score (nSPS) is 11.3. The van der Waals surface area contributed by atoms with Crippen molar-refractivity contribution in [2.24, 2.45) is 0 Å². The molecule has 0 saturated carbocycles. The van der Waals surface area contributed by atoms with E-state index in [-0.39, 0.29) is 5.82 Å². The minimum atomic E-state index is -0.115. The van der Waals surface area contributed by atoms with Crippen LogP contribution in [0.4, 0.5) is 4.39 Å². The molecular weight excluding hydrogens is 187 g/mol. The molecule has 1 heteroatoms. The summed E-state index contributed by atoms with van der Waals surface area (Å²) >= 11 is 0. The number of hydrogen-bond donors (Lipinski definition) is 0. The van der Waals surface area contributed by atoms with Crippen molar-refractivity contribution in [3.05, 3.63) is 47.3 Å². The lowest BCUT2D eigenvalue weighted by molar-refractivity contribution is 0.620. The molecule has 2 aromatic carbocycles. The van der Waals surface area contributed by atoms with Crippen LogP contribution in [0.25, 0.3) is 10.8 Å². The Morgan fingerprint density at radius 3 is 2.47 bits per heavy atom. The molecule has 0 saturated heterocycles. The summed E-state index contributed by atoms with van der Waals surface area (Å²) in [6.45, 7) is 6.13. The van der Waals surface area contributed by atoms with Gasteiger partial charge in [-0.2, -0.15) is 0 Å². The Morgan fingerprint density at radius 2 is 1.80 bits per heavy atom. The van der Waals surface area contributed by atoms with Crippen molar-refractivity contribution in [2.45, 2.75) is 26.7 Å². The number of rotatable bonds is 1. The summed E-state index contributed by atoms with van der Waals surface area (Å²) in [5.74, 6) is 0.310. The van der Waals surface area contributed by atoms with E-state index in [0.717, 1.165) is 16.3 Å².